The van der Waals surface area contributed by atoms with Crippen LogP contribution in [-0.2, 0) is 4.74 Å². The van der Waals surface area contributed by atoms with E-state index in [4.69, 9.17) is 4.74 Å². The second-order valence-electron chi connectivity index (χ2n) is 5.40. The number of hydrogen-bond donors (Lipinski definition) is 0. The largest absolute Gasteiger partial charge is 0.379 e. The Bertz CT molecular complexity index is 131. The molecule has 0 rings (SSSR count). The topological polar surface area (TPSA) is 9.23 Å². The lowest BCUT2D eigenvalue weighted by molar-refractivity contribution is 0.0527. The molecule has 98 valence electrons. The van der Waals surface area contributed by atoms with Crippen molar-refractivity contribution in [1.29, 1.82) is 0 Å². The summed E-state index contributed by atoms with van der Waals surface area (Å²) >= 11 is 0. The average molecular weight is 228 g/mol. The highest BCUT2D eigenvalue weighted by atomic mass is 16.5. The van der Waals surface area contributed by atoms with Gasteiger partial charge in [-0.1, -0.05) is 58.8 Å². The Morgan fingerprint density at radius 3 is 1.94 bits per heavy atom. The first-order valence-electron chi connectivity index (χ1n) is 7.28. The van der Waals surface area contributed by atoms with Crippen molar-refractivity contribution in [2.24, 2.45) is 5.92 Å². The maximum Gasteiger partial charge on any atom is 0.0519 e. The fourth-order valence-electron chi connectivity index (χ4n) is 1.89. The van der Waals surface area contributed by atoms with Crippen molar-refractivity contribution >= 4 is 0 Å². The highest BCUT2D eigenvalue weighted by Gasteiger charge is 2.03. The van der Waals surface area contributed by atoms with Gasteiger partial charge < -0.3 is 4.74 Å². The van der Waals surface area contributed by atoms with Gasteiger partial charge in [-0.3, -0.25) is 0 Å². The Labute approximate surface area is 103 Å². The first-order valence-corrected chi connectivity index (χ1v) is 7.28. The van der Waals surface area contributed by atoms with Crippen LogP contribution in [0.1, 0.15) is 79.1 Å². The molecule has 0 aromatic heterocycles. The third-order valence-corrected chi connectivity index (χ3v) is 3.01. The number of unbranched alkanes of at least 4 members (excludes halogenated alkanes) is 6. The Morgan fingerprint density at radius 1 is 0.812 bits per heavy atom. The van der Waals surface area contributed by atoms with E-state index in [1.54, 1.807) is 0 Å². The van der Waals surface area contributed by atoms with Gasteiger partial charge in [-0.05, 0) is 26.2 Å². The van der Waals surface area contributed by atoms with E-state index in [2.05, 4.69) is 27.7 Å². The summed E-state index contributed by atoms with van der Waals surface area (Å²) < 4.78 is 5.61. The Morgan fingerprint density at radius 2 is 1.38 bits per heavy atom. The molecule has 0 amide bonds. The van der Waals surface area contributed by atoms with Gasteiger partial charge in [0.25, 0.3) is 0 Å². The van der Waals surface area contributed by atoms with Crippen LogP contribution >= 0.6 is 0 Å². The van der Waals surface area contributed by atoms with Crippen molar-refractivity contribution in [2.75, 3.05) is 6.61 Å². The highest BCUT2D eigenvalue weighted by Crippen LogP contribution is 2.13. The summed E-state index contributed by atoms with van der Waals surface area (Å²) in [5.41, 5.74) is 0. The second-order valence-corrected chi connectivity index (χ2v) is 5.40. The molecule has 0 aromatic carbocycles. The molecule has 0 N–H and O–H groups in total. The summed E-state index contributed by atoms with van der Waals surface area (Å²) in [4.78, 5) is 0. The van der Waals surface area contributed by atoms with Crippen LogP contribution in [0.4, 0.5) is 0 Å². The summed E-state index contributed by atoms with van der Waals surface area (Å²) in [6, 6.07) is 0. The van der Waals surface area contributed by atoms with E-state index in [1.807, 2.05) is 0 Å². The van der Waals surface area contributed by atoms with Crippen LogP contribution in [0, 0.1) is 5.92 Å². The number of hydrogen-bond acceptors (Lipinski definition) is 1. The third kappa shape index (κ3) is 12.0. The van der Waals surface area contributed by atoms with E-state index in [9.17, 15) is 0 Å². The molecule has 0 spiro atoms. The summed E-state index contributed by atoms with van der Waals surface area (Å²) in [5.74, 6) is 0.734. The maximum absolute atomic E-state index is 5.61. The van der Waals surface area contributed by atoms with Crippen LogP contribution in [0.25, 0.3) is 0 Å². The first kappa shape index (κ1) is 16.0. The number of rotatable bonds is 11. The normalized spacial score (nSPS) is 13.3. The van der Waals surface area contributed by atoms with E-state index in [0.29, 0.717) is 6.10 Å². The van der Waals surface area contributed by atoms with E-state index in [1.165, 1.54) is 51.4 Å². The minimum Gasteiger partial charge on any atom is -0.379 e. The third-order valence-electron chi connectivity index (χ3n) is 3.01. The van der Waals surface area contributed by atoms with Crippen molar-refractivity contribution in [3.8, 4) is 0 Å². The second kappa shape index (κ2) is 11.4. The molecule has 0 bridgehead atoms. The van der Waals surface area contributed by atoms with Crippen LogP contribution in [0.2, 0.25) is 0 Å². The minimum atomic E-state index is 0.386. The lowest BCUT2D eigenvalue weighted by Crippen LogP contribution is -2.11. The van der Waals surface area contributed by atoms with Gasteiger partial charge in [-0.25, -0.2) is 0 Å². The van der Waals surface area contributed by atoms with Crippen LogP contribution in [0.15, 0.2) is 0 Å². The molecule has 1 unspecified atom stereocenters. The number of ether oxygens (including phenoxy) is 1. The fourth-order valence-corrected chi connectivity index (χ4v) is 1.89. The van der Waals surface area contributed by atoms with Crippen LogP contribution in [0.3, 0.4) is 0 Å². The molecule has 0 heterocycles. The summed E-state index contributed by atoms with van der Waals surface area (Å²) in [6.45, 7) is 9.74. The molecule has 0 fully saturated rings. The molecular weight excluding hydrogens is 196 g/mol. The predicted octanol–water partition coefficient (Wildman–Crippen LogP) is 5.19. The van der Waals surface area contributed by atoms with Crippen molar-refractivity contribution in [1.82, 2.24) is 0 Å². The molecule has 0 aliphatic rings. The van der Waals surface area contributed by atoms with E-state index < -0.39 is 0 Å². The quantitative estimate of drug-likeness (QED) is 0.442. The molecule has 0 aliphatic carbocycles. The minimum absolute atomic E-state index is 0.386. The standard InChI is InChI=1S/C15H32O/c1-5-6-7-8-9-10-11-12-15(4)13-16-14(2)3/h14-15H,5-13H2,1-4H3. The van der Waals surface area contributed by atoms with Gasteiger partial charge in [0, 0.05) is 6.61 Å². The first-order chi connectivity index (χ1) is 7.66. The maximum atomic E-state index is 5.61. The van der Waals surface area contributed by atoms with Gasteiger partial charge >= 0.3 is 0 Å². The van der Waals surface area contributed by atoms with Crippen molar-refractivity contribution in [3.63, 3.8) is 0 Å². The molecule has 1 heteroatoms. The lowest BCUT2D eigenvalue weighted by Gasteiger charge is -2.13. The highest BCUT2D eigenvalue weighted by molar-refractivity contribution is 4.54. The molecule has 0 saturated heterocycles. The Balaban J connectivity index is 3.12. The molecule has 0 saturated carbocycles. The van der Waals surface area contributed by atoms with Gasteiger partial charge in [0.05, 0.1) is 6.10 Å². The smallest absolute Gasteiger partial charge is 0.0519 e. The van der Waals surface area contributed by atoms with Gasteiger partial charge in [0.1, 0.15) is 0 Å². The molecular formula is C15H32O. The summed E-state index contributed by atoms with van der Waals surface area (Å²) in [7, 11) is 0. The SMILES string of the molecule is CCCCCCCCCC(C)COC(C)C. The molecule has 1 nitrogen and oxygen atoms in total. The lowest BCUT2D eigenvalue weighted by atomic mass is 10.0. The summed E-state index contributed by atoms with van der Waals surface area (Å²) in [6.07, 6.45) is 11.6. The molecule has 0 radical (unpaired) electrons. The zero-order valence-electron chi connectivity index (χ0n) is 11.9. The van der Waals surface area contributed by atoms with Crippen LogP contribution in [-0.4, -0.2) is 12.7 Å². The molecule has 1 atom stereocenters. The van der Waals surface area contributed by atoms with Crippen molar-refractivity contribution in [2.45, 2.75) is 85.2 Å². The molecule has 0 aliphatic heterocycles. The van der Waals surface area contributed by atoms with Gasteiger partial charge in [0.2, 0.25) is 0 Å². The monoisotopic (exact) mass is 228 g/mol. The Hall–Kier alpha value is -0.0400. The van der Waals surface area contributed by atoms with E-state index >= 15 is 0 Å². The predicted molar refractivity (Wildman–Crippen MR) is 72.9 cm³/mol. The van der Waals surface area contributed by atoms with Crippen molar-refractivity contribution in [3.05, 3.63) is 0 Å². The van der Waals surface area contributed by atoms with Gasteiger partial charge in [-0.15, -0.1) is 0 Å². The zero-order chi connectivity index (χ0) is 12.2. The van der Waals surface area contributed by atoms with Crippen LogP contribution < -0.4 is 0 Å². The van der Waals surface area contributed by atoms with Crippen molar-refractivity contribution < 1.29 is 4.74 Å². The van der Waals surface area contributed by atoms with Gasteiger partial charge in [0.15, 0.2) is 0 Å². The van der Waals surface area contributed by atoms with E-state index in [0.717, 1.165) is 12.5 Å². The molecule has 16 heavy (non-hydrogen) atoms. The van der Waals surface area contributed by atoms with Gasteiger partial charge in [-0.2, -0.15) is 0 Å². The zero-order valence-corrected chi connectivity index (χ0v) is 11.9. The molecule has 0 aromatic rings. The summed E-state index contributed by atoms with van der Waals surface area (Å²) in [5, 5.41) is 0. The van der Waals surface area contributed by atoms with Crippen LogP contribution in [0.5, 0.6) is 0 Å². The fraction of sp³-hybridized carbons (Fsp3) is 1.00. The Kier molecular flexibility index (Phi) is 11.4. The average Bonchev–Trinajstić information content (AvgIpc) is 2.25. The van der Waals surface area contributed by atoms with E-state index in [-0.39, 0.29) is 0 Å².